The van der Waals surface area contributed by atoms with Crippen LogP contribution in [0.15, 0.2) is 10.8 Å². The molecule has 5 heteroatoms. The van der Waals surface area contributed by atoms with Crippen LogP contribution in [-0.4, -0.2) is 36.4 Å². The Labute approximate surface area is 93.0 Å². The van der Waals surface area contributed by atoms with Crippen molar-refractivity contribution in [2.75, 3.05) is 31.7 Å². The van der Waals surface area contributed by atoms with Gasteiger partial charge in [-0.15, -0.1) is 0 Å². The van der Waals surface area contributed by atoms with Gasteiger partial charge in [0.05, 0.1) is 12.8 Å². The zero-order valence-corrected chi connectivity index (χ0v) is 10.4. The number of rotatable bonds is 5. The summed E-state index contributed by atoms with van der Waals surface area (Å²) in [4.78, 5) is 6.50. The largest absolute Gasteiger partial charge is 0.383 e. The highest BCUT2D eigenvalue weighted by Gasteiger charge is 2.10. The molecule has 0 atom stereocenters. The number of hydrogen-bond acceptors (Lipinski definition) is 3. The number of imidazole rings is 1. The maximum atomic E-state index is 5.05. The first-order valence-electron chi connectivity index (χ1n) is 4.61. The Morgan fingerprint density at radius 3 is 2.79 bits per heavy atom. The van der Waals surface area contributed by atoms with Crippen molar-refractivity contribution >= 4 is 21.9 Å². The van der Waals surface area contributed by atoms with Crippen molar-refractivity contribution in [3.8, 4) is 0 Å². The van der Waals surface area contributed by atoms with Crippen molar-refractivity contribution in [2.24, 2.45) is 7.05 Å². The molecule has 0 spiro atoms. The maximum absolute atomic E-state index is 5.05. The van der Waals surface area contributed by atoms with Gasteiger partial charge in [-0.2, -0.15) is 0 Å². The maximum Gasteiger partial charge on any atom is 0.206 e. The smallest absolute Gasteiger partial charge is 0.206 e. The number of methoxy groups -OCH3 is 1. The average Bonchev–Trinajstić information content (AvgIpc) is 2.51. The van der Waals surface area contributed by atoms with E-state index in [9.17, 15) is 0 Å². The van der Waals surface area contributed by atoms with Crippen LogP contribution >= 0.6 is 15.9 Å². The second kappa shape index (κ2) is 5.36. The molecule has 1 rings (SSSR count). The van der Waals surface area contributed by atoms with Crippen LogP contribution in [0.1, 0.15) is 6.92 Å². The normalized spacial score (nSPS) is 10.6. The standard InChI is InChI=1S/C9H16BrN3O/c1-4-13(5-6-14-3)9-11-7-8(10)12(9)2/h7H,4-6H2,1-3H3. The van der Waals surface area contributed by atoms with Gasteiger partial charge in [0.2, 0.25) is 5.95 Å². The van der Waals surface area contributed by atoms with Gasteiger partial charge in [-0.25, -0.2) is 4.98 Å². The van der Waals surface area contributed by atoms with Crippen LogP contribution in [0.2, 0.25) is 0 Å². The van der Waals surface area contributed by atoms with E-state index in [-0.39, 0.29) is 0 Å². The van der Waals surface area contributed by atoms with E-state index in [1.807, 2.05) is 17.8 Å². The van der Waals surface area contributed by atoms with Crippen LogP contribution in [0.4, 0.5) is 5.95 Å². The molecule has 0 unspecified atom stereocenters. The average molecular weight is 262 g/mol. The third kappa shape index (κ3) is 2.48. The summed E-state index contributed by atoms with van der Waals surface area (Å²) in [6, 6.07) is 0. The van der Waals surface area contributed by atoms with Crippen LogP contribution in [-0.2, 0) is 11.8 Å². The summed E-state index contributed by atoms with van der Waals surface area (Å²) in [5.41, 5.74) is 0. The lowest BCUT2D eigenvalue weighted by Crippen LogP contribution is -2.29. The minimum atomic E-state index is 0.721. The highest BCUT2D eigenvalue weighted by Crippen LogP contribution is 2.17. The van der Waals surface area contributed by atoms with Gasteiger partial charge in [0.25, 0.3) is 0 Å². The third-order valence-corrected chi connectivity index (χ3v) is 2.87. The first-order valence-corrected chi connectivity index (χ1v) is 5.41. The summed E-state index contributed by atoms with van der Waals surface area (Å²) in [6.45, 7) is 4.63. The van der Waals surface area contributed by atoms with E-state index < -0.39 is 0 Å². The fraction of sp³-hybridized carbons (Fsp3) is 0.667. The number of ether oxygens (including phenoxy) is 1. The summed E-state index contributed by atoms with van der Waals surface area (Å²) in [5.74, 6) is 0.969. The van der Waals surface area contributed by atoms with Crippen molar-refractivity contribution in [1.29, 1.82) is 0 Å². The number of hydrogen-bond donors (Lipinski definition) is 0. The second-order valence-electron chi connectivity index (χ2n) is 3.01. The van der Waals surface area contributed by atoms with Crippen molar-refractivity contribution in [3.63, 3.8) is 0 Å². The van der Waals surface area contributed by atoms with Crippen molar-refractivity contribution in [3.05, 3.63) is 10.8 Å². The quantitative estimate of drug-likeness (QED) is 0.808. The molecule has 0 bridgehead atoms. The minimum Gasteiger partial charge on any atom is -0.383 e. The van der Waals surface area contributed by atoms with Gasteiger partial charge in [-0.3, -0.25) is 0 Å². The molecule has 0 aliphatic rings. The molecule has 1 aromatic heterocycles. The molecule has 1 heterocycles. The van der Waals surface area contributed by atoms with Crippen LogP contribution in [0.5, 0.6) is 0 Å². The zero-order chi connectivity index (χ0) is 10.6. The van der Waals surface area contributed by atoms with Crippen molar-refractivity contribution in [1.82, 2.24) is 9.55 Å². The first kappa shape index (κ1) is 11.5. The lowest BCUT2D eigenvalue weighted by atomic mass is 10.5. The van der Waals surface area contributed by atoms with E-state index in [0.29, 0.717) is 0 Å². The van der Waals surface area contributed by atoms with E-state index in [1.54, 1.807) is 7.11 Å². The molecule has 0 radical (unpaired) electrons. The van der Waals surface area contributed by atoms with Crippen molar-refractivity contribution in [2.45, 2.75) is 6.92 Å². The van der Waals surface area contributed by atoms with Gasteiger partial charge in [0.15, 0.2) is 0 Å². The summed E-state index contributed by atoms with van der Waals surface area (Å²) >= 11 is 3.42. The Morgan fingerprint density at radius 2 is 2.36 bits per heavy atom. The predicted octanol–water partition coefficient (Wildman–Crippen LogP) is 1.66. The van der Waals surface area contributed by atoms with Gasteiger partial charge >= 0.3 is 0 Å². The molecule has 0 N–H and O–H groups in total. The number of nitrogens with zero attached hydrogens (tertiary/aromatic N) is 3. The molecule has 0 aliphatic heterocycles. The Balaban J connectivity index is 2.73. The summed E-state index contributed by atoms with van der Waals surface area (Å²) in [5, 5.41) is 0. The predicted molar refractivity (Wildman–Crippen MR) is 60.7 cm³/mol. The molecule has 0 fully saturated rings. The monoisotopic (exact) mass is 261 g/mol. The molecular formula is C9H16BrN3O. The molecule has 0 aromatic carbocycles. The lowest BCUT2D eigenvalue weighted by Gasteiger charge is -2.21. The molecule has 1 aromatic rings. The fourth-order valence-electron chi connectivity index (χ4n) is 1.27. The van der Waals surface area contributed by atoms with Crippen LogP contribution in [0.3, 0.4) is 0 Å². The number of anilines is 1. The molecule has 0 amide bonds. The molecule has 80 valence electrons. The summed E-state index contributed by atoms with van der Waals surface area (Å²) < 4.78 is 8.05. The molecule has 0 aliphatic carbocycles. The molecular weight excluding hydrogens is 246 g/mol. The number of halogens is 1. The van der Waals surface area contributed by atoms with Crippen LogP contribution < -0.4 is 4.90 Å². The second-order valence-corrected chi connectivity index (χ2v) is 3.82. The first-order chi connectivity index (χ1) is 6.70. The highest BCUT2D eigenvalue weighted by atomic mass is 79.9. The van der Waals surface area contributed by atoms with Gasteiger partial charge in [-0.05, 0) is 22.9 Å². The Bertz CT molecular complexity index is 288. The molecule has 0 saturated carbocycles. The third-order valence-electron chi connectivity index (χ3n) is 2.14. The molecule has 4 nitrogen and oxygen atoms in total. The molecule has 0 saturated heterocycles. The van der Waals surface area contributed by atoms with Gasteiger partial charge in [0.1, 0.15) is 4.60 Å². The molecule has 14 heavy (non-hydrogen) atoms. The summed E-state index contributed by atoms with van der Waals surface area (Å²) in [6.07, 6.45) is 1.81. The van der Waals surface area contributed by atoms with Crippen molar-refractivity contribution < 1.29 is 4.74 Å². The van der Waals surface area contributed by atoms with E-state index in [4.69, 9.17) is 4.74 Å². The Hall–Kier alpha value is -0.550. The van der Waals surface area contributed by atoms with E-state index in [1.165, 1.54) is 0 Å². The highest BCUT2D eigenvalue weighted by molar-refractivity contribution is 9.10. The SMILES string of the molecule is CCN(CCOC)c1ncc(Br)n1C. The topological polar surface area (TPSA) is 30.3 Å². The Kier molecular flexibility index (Phi) is 4.41. The summed E-state index contributed by atoms with van der Waals surface area (Å²) in [7, 11) is 3.70. The lowest BCUT2D eigenvalue weighted by molar-refractivity contribution is 0.205. The van der Waals surface area contributed by atoms with Gasteiger partial charge in [0, 0.05) is 27.2 Å². The number of likely N-dealkylation sites (N-methyl/N-ethyl adjacent to an activating group) is 1. The zero-order valence-electron chi connectivity index (χ0n) is 8.83. The van der Waals surface area contributed by atoms with E-state index >= 15 is 0 Å². The minimum absolute atomic E-state index is 0.721. The van der Waals surface area contributed by atoms with Crippen LogP contribution in [0.25, 0.3) is 0 Å². The van der Waals surface area contributed by atoms with Gasteiger partial charge < -0.3 is 14.2 Å². The van der Waals surface area contributed by atoms with Crippen LogP contribution in [0, 0.1) is 0 Å². The van der Waals surface area contributed by atoms with E-state index in [0.717, 1.165) is 30.2 Å². The van der Waals surface area contributed by atoms with E-state index in [2.05, 4.69) is 32.7 Å². The number of aromatic nitrogens is 2. The Morgan fingerprint density at radius 1 is 1.64 bits per heavy atom. The fourth-order valence-corrected chi connectivity index (χ4v) is 1.54. The van der Waals surface area contributed by atoms with Gasteiger partial charge in [-0.1, -0.05) is 0 Å².